The molecule has 2 heterocycles. The predicted molar refractivity (Wildman–Crippen MR) is 69.4 cm³/mol. The van der Waals surface area contributed by atoms with Gasteiger partial charge in [0.25, 0.3) is 10.7 Å². The van der Waals surface area contributed by atoms with E-state index < -0.39 is 0 Å². The van der Waals surface area contributed by atoms with Gasteiger partial charge in [-0.2, -0.15) is 0 Å². The van der Waals surface area contributed by atoms with Crippen LogP contribution in [0.15, 0.2) is 29.3 Å². The van der Waals surface area contributed by atoms with E-state index in [1.54, 1.807) is 6.20 Å². The molecule has 2 rings (SSSR count). The van der Waals surface area contributed by atoms with Gasteiger partial charge in [0.15, 0.2) is 0 Å². The number of rotatable bonds is 1. The highest BCUT2D eigenvalue weighted by molar-refractivity contribution is 7.80. The molecule has 0 radical (unpaired) electrons. The van der Waals surface area contributed by atoms with Gasteiger partial charge in [-0.3, -0.25) is 9.20 Å². The van der Waals surface area contributed by atoms with Gasteiger partial charge >= 0.3 is 0 Å². The van der Waals surface area contributed by atoms with Crippen molar-refractivity contribution >= 4 is 28.7 Å². The highest BCUT2D eigenvalue weighted by atomic mass is 32.1. The summed E-state index contributed by atoms with van der Waals surface area (Å²) in [6.07, 6.45) is 3.13. The number of methoxy groups -OCH3 is 1. The van der Waals surface area contributed by atoms with Crippen molar-refractivity contribution in [3.05, 3.63) is 40.4 Å². The zero-order chi connectivity index (χ0) is 12.4. The minimum Gasteiger partial charge on any atom is -0.474 e. The van der Waals surface area contributed by atoms with Crippen LogP contribution in [0.1, 0.15) is 5.56 Å². The summed E-state index contributed by atoms with van der Waals surface area (Å²) >= 11 is 4.83. The van der Waals surface area contributed by atoms with E-state index in [0.717, 1.165) is 5.56 Å². The predicted octanol–water partition coefficient (Wildman–Crippen LogP) is 1.35. The van der Waals surface area contributed by atoms with Crippen LogP contribution < -0.4 is 10.9 Å². The number of aryl methyl sites for hydroxylation is 1. The molecule has 5 nitrogen and oxygen atoms in total. The Morgan fingerprint density at radius 1 is 1.59 bits per heavy atom. The van der Waals surface area contributed by atoms with E-state index in [9.17, 15) is 4.79 Å². The maximum absolute atomic E-state index is 12.0. The summed E-state index contributed by atoms with van der Waals surface area (Å²) < 4.78 is 6.24. The molecule has 0 spiro atoms. The van der Waals surface area contributed by atoms with Crippen molar-refractivity contribution in [2.24, 2.45) is 0 Å². The first-order valence-corrected chi connectivity index (χ1v) is 5.35. The molecule has 17 heavy (non-hydrogen) atoms. The molecule has 0 aliphatic rings. The van der Waals surface area contributed by atoms with Crippen molar-refractivity contribution in [1.29, 1.82) is 0 Å². The number of thiocarbonyl (C=S) groups is 1. The first-order chi connectivity index (χ1) is 8.11. The molecule has 0 bridgehead atoms. The number of hydrogen-bond acceptors (Lipinski definition) is 4. The Bertz CT molecular complexity index is 636. The average molecular weight is 249 g/mol. The smallest absolute Gasteiger partial charge is 0.281 e. The fourth-order valence-corrected chi connectivity index (χ4v) is 1.53. The molecule has 0 saturated carbocycles. The Hall–Kier alpha value is -1.95. The van der Waals surface area contributed by atoms with Crippen molar-refractivity contribution in [3.8, 4) is 0 Å². The second-order valence-corrected chi connectivity index (χ2v) is 3.90. The SMILES string of the molecule is COC(=S)Nc1cnc2cc(C)ccn2c1=O. The fourth-order valence-electron chi connectivity index (χ4n) is 1.42. The molecule has 0 saturated heterocycles. The highest BCUT2D eigenvalue weighted by Gasteiger charge is 2.06. The Morgan fingerprint density at radius 3 is 3.06 bits per heavy atom. The monoisotopic (exact) mass is 249 g/mol. The molecule has 0 aliphatic carbocycles. The zero-order valence-corrected chi connectivity index (χ0v) is 10.2. The minimum absolute atomic E-state index is 0.135. The van der Waals surface area contributed by atoms with Gasteiger partial charge in [-0.15, -0.1) is 0 Å². The third-order valence-electron chi connectivity index (χ3n) is 2.29. The molecule has 0 amide bonds. The first-order valence-electron chi connectivity index (χ1n) is 4.95. The second kappa shape index (κ2) is 4.50. The second-order valence-electron chi connectivity index (χ2n) is 3.53. The fraction of sp³-hybridized carbons (Fsp3) is 0.182. The summed E-state index contributed by atoms with van der Waals surface area (Å²) in [4.78, 5) is 16.2. The molecular weight excluding hydrogens is 238 g/mol. The highest BCUT2D eigenvalue weighted by Crippen LogP contribution is 2.04. The van der Waals surface area contributed by atoms with E-state index in [1.165, 1.54) is 17.7 Å². The van der Waals surface area contributed by atoms with Gasteiger partial charge in [-0.25, -0.2) is 4.98 Å². The van der Waals surface area contributed by atoms with Gasteiger partial charge in [0, 0.05) is 6.20 Å². The zero-order valence-electron chi connectivity index (χ0n) is 9.43. The van der Waals surface area contributed by atoms with Crippen molar-refractivity contribution in [2.75, 3.05) is 12.4 Å². The number of nitrogens with one attached hydrogen (secondary N) is 1. The number of aromatic nitrogens is 2. The maximum Gasteiger partial charge on any atom is 0.281 e. The van der Waals surface area contributed by atoms with Gasteiger partial charge in [0.1, 0.15) is 11.3 Å². The summed E-state index contributed by atoms with van der Waals surface area (Å²) in [7, 11) is 1.44. The van der Waals surface area contributed by atoms with Crippen molar-refractivity contribution in [3.63, 3.8) is 0 Å². The van der Waals surface area contributed by atoms with Crippen LogP contribution in [0.4, 0.5) is 5.69 Å². The lowest BCUT2D eigenvalue weighted by atomic mass is 10.3. The normalized spacial score (nSPS) is 10.2. The molecule has 2 aromatic heterocycles. The summed E-state index contributed by atoms with van der Waals surface area (Å²) in [5.74, 6) is 0. The van der Waals surface area contributed by atoms with E-state index in [1.807, 2.05) is 19.1 Å². The minimum atomic E-state index is -0.214. The average Bonchev–Trinajstić information content (AvgIpc) is 2.32. The number of nitrogens with zero attached hydrogens (tertiary/aromatic N) is 2. The topological polar surface area (TPSA) is 55.6 Å². The quantitative estimate of drug-likeness (QED) is 0.773. The van der Waals surface area contributed by atoms with E-state index in [-0.39, 0.29) is 10.7 Å². The number of pyridine rings is 1. The summed E-state index contributed by atoms with van der Waals surface area (Å²) in [5, 5.41) is 2.82. The molecule has 0 aromatic carbocycles. The van der Waals surface area contributed by atoms with Crippen molar-refractivity contribution in [2.45, 2.75) is 6.92 Å². The Labute approximate surface area is 103 Å². The molecule has 0 aliphatic heterocycles. The summed E-state index contributed by atoms with van der Waals surface area (Å²) in [6, 6.07) is 3.67. The van der Waals surface area contributed by atoms with E-state index in [0.29, 0.717) is 11.3 Å². The van der Waals surface area contributed by atoms with Crippen LogP contribution in [0.3, 0.4) is 0 Å². The third kappa shape index (κ3) is 2.26. The van der Waals surface area contributed by atoms with E-state index in [2.05, 4.69) is 10.3 Å². The molecule has 1 N–H and O–H groups in total. The van der Waals surface area contributed by atoms with Gasteiger partial charge in [0.05, 0.1) is 13.3 Å². The number of ether oxygens (including phenoxy) is 1. The summed E-state index contributed by atoms with van der Waals surface area (Å²) in [5.41, 5.74) is 1.72. The molecule has 0 unspecified atom stereocenters. The van der Waals surface area contributed by atoms with Gasteiger partial charge in [-0.05, 0) is 36.8 Å². The Kier molecular flexibility index (Phi) is 3.06. The van der Waals surface area contributed by atoms with Crippen LogP contribution in [0.5, 0.6) is 0 Å². The number of fused-ring (bicyclic) bond motifs is 1. The van der Waals surface area contributed by atoms with Crippen molar-refractivity contribution < 1.29 is 4.74 Å². The van der Waals surface area contributed by atoms with Crippen LogP contribution >= 0.6 is 12.2 Å². The lowest BCUT2D eigenvalue weighted by Gasteiger charge is -2.07. The van der Waals surface area contributed by atoms with Crippen molar-refractivity contribution in [1.82, 2.24) is 9.38 Å². The molecule has 6 heteroatoms. The molecular formula is C11H11N3O2S. The third-order valence-corrected chi connectivity index (χ3v) is 2.56. The van der Waals surface area contributed by atoms with E-state index >= 15 is 0 Å². The van der Waals surface area contributed by atoms with Crippen LogP contribution in [-0.4, -0.2) is 21.7 Å². The lowest BCUT2D eigenvalue weighted by molar-refractivity contribution is 0.413. The molecule has 88 valence electrons. The van der Waals surface area contributed by atoms with Crippen LogP contribution in [-0.2, 0) is 4.74 Å². The van der Waals surface area contributed by atoms with E-state index in [4.69, 9.17) is 17.0 Å². The van der Waals surface area contributed by atoms with Gasteiger partial charge in [0.2, 0.25) is 0 Å². The summed E-state index contributed by atoms with van der Waals surface area (Å²) in [6.45, 7) is 1.94. The number of anilines is 1. The molecule has 0 atom stereocenters. The van der Waals surface area contributed by atoms with Crippen LogP contribution in [0.2, 0.25) is 0 Å². The molecule has 0 fully saturated rings. The Balaban J connectivity index is 2.54. The Morgan fingerprint density at radius 2 is 2.35 bits per heavy atom. The van der Waals surface area contributed by atoms with Gasteiger partial charge in [-0.1, -0.05) is 0 Å². The number of hydrogen-bond donors (Lipinski definition) is 1. The first kappa shape index (κ1) is 11.5. The standard InChI is InChI=1S/C11H11N3O2S/c1-7-3-4-14-9(5-7)12-6-8(10(14)15)13-11(17)16-2/h3-6H,1-2H3,(H,13,17). The molecule has 2 aromatic rings. The largest absolute Gasteiger partial charge is 0.474 e. The van der Waals surface area contributed by atoms with Crippen LogP contribution in [0.25, 0.3) is 5.65 Å². The maximum atomic E-state index is 12.0. The van der Waals surface area contributed by atoms with Gasteiger partial charge < -0.3 is 10.1 Å². The lowest BCUT2D eigenvalue weighted by Crippen LogP contribution is -2.22. The van der Waals surface area contributed by atoms with Crippen LogP contribution in [0, 0.1) is 6.92 Å².